The molecule has 1 aromatic heterocycles. The number of urea groups is 1. The van der Waals surface area contributed by atoms with E-state index in [4.69, 9.17) is 39.5 Å². The van der Waals surface area contributed by atoms with Crippen molar-refractivity contribution in [1.29, 1.82) is 0 Å². The number of halogens is 3. The lowest BCUT2D eigenvalue weighted by Crippen LogP contribution is -2.53. The van der Waals surface area contributed by atoms with Crippen LogP contribution in [0.25, 0.3) is 0 Å². The van der Waals surface area contributed by atoms with E-state index in [1.165, 1.54) is 7.11 Å². The summed E-state index contributed by atoms with van der Waals surface area (Å²) >= 11 is 17.6. The lowest BCUT2D eigenvalue weighted by Gasteiger charge is -2.37. The van der Waals surface area contributed by atoms with Gasteiger partial charge < -0.3 is 19.4 Å². The molecule has 0 saturated carbocycles. The highest BCUT2D eigenvalue weighted by Crippen LogP contribution is 2.36. The number of methoxy groups -OCH3 is 1. The summed E-state index contributed by atoms with van der Waals surface area (Å²) in [5, 5.41) is 0. The smallest absolute Gasteiger partial charge is 0.321 e. The number of hydrogen-bond acceptors (Lipinski definition) is 6. The molecule has 1 fully saturated rings. The number of ether oxygens (including phenoxy) is 1. The molecule has 2 heterocycles. The van der Waals surface area contributed by atoms with E-state index >= 15 is 0 Å². The molecule has 1 aliphatic heterocycles. The Bertz CT molecular complexity index is 601. The molecule has 0 bridgehead atoms. The number of aromatic nitrogens is 3. The molecule has 140 valence electrons. The molecule has 0 unspecified atom stereocenters. The molecule has 0 N–H and O–H groups in total. The Morgan fingerprint density at radius 1 is 1.12 bits per heavy atom. The van der Waals surface area contributed by atoms with Crippen molar-refractivity contribution in [3.8, 4) is 6.01 Å². The first kappa shape index (κ1) is 20.1. The van der Waals surface area contributed by atoms with Gasteiger partial charge in [-0.1, -0.05) is 34.8 Å². The molecule has 8 nitrogen and oxygen atoms in total. The second-order valence-electron chi connectivity index (χ2n) is 5.37. The molecule has 0 aromatic carbocycles. The third kappa shape index (κ3) is 4.89. The van der Waals surface area contributed by atoms with Gasteiger partial charge in [-0.15, -0.1) is 0 Å². The molecule has 25 heavy (non-hydrogen) atoms. The van der Waals surface area contributed by atoms with Gasteiger partial charge in [-0.25, -0.2) is 4.79 Å². The Kier molecular flexibility index (Phi) is 6.76. The van der Waals surface area contributed by atoms with Crippen LogP contribution in [0.5, 0.6) is 6.01 Å². The lowest BCUT2D eigenvalue weighted by molar-refractivity contribution is 0.154. The number of anilines is 1. The molecule has 0 atom stereocenters. The first-order valence-electron chi connectivity index (χ1n) is 7.96. The van der Waals surface area contributed by atoms with Gasteiger partial charge in [0.1, 0.15) is 0 Å². The van der Waals surface area contributed by atoms with Crippen molar-refractivity contribution in [1.82, 2.24) is 24.8 Å². The second kappa shape index (κ2) is 8.42. The average molecular weight is 412 g/mol. The second-order valence-corrected chi connectivity index (χ2v) is 7.65. The maximum atomic E-state index is 12.4. The molecule has 1 aromatic rings. The Labute approximate surface area is 162 Å². The number of carbonyl (C=O) groups is 1. The quantitative estimate of drug-likeness (QED) is 0.708. The fourth-order valence-corrected chi connectivity index (χ4v) is 2.75. The van der Waals surface area contributed by atoms with Crippen LogP contribution < -0.4 is 9.64 Å². The first-order valence-corrected chi connectivity index (χ1v) is 9.09. The van der Waals surface area contributed by atoms with Gasteiger partial charge >= 0.3 is 12.0 Å². The van der Waals surface area contributed by atoms with E-state index in [9.17, 15) is 4.79 Å². The van der Waals surface area contributed by atoms with Crippen molar-refractivity contribution in [3.63, 3.8) is 0 Å². The van der Waals surface area contributed by atoms with Crippen LogP contribution in [0.15, 0.2) is 0 Å². The van der Waals surface area contributed by atoms with E-state index in [1.807, 2.05) is 23.6 Å². The number of rotatable bonds is 4. The Hall–Kier alpha value is -1.25. The van der Waals surface area contributed by atoms with Gasteiger partial charge in [0.05, 0.1) is 7.11 Å². The molecule has 2 rings (SSSR count). The zero-order valence-electron chi connectivity index (χ0n) is 14.4. The minimum absolute atomic E-state index is 0.000923. The van der Waals surface area contributed by atoms with Crippen LogP contribution in [0, 0.1) is 0 Å². The summed E-state index contributed by atoms with van der Waals surface area (Å²) in [6.07, 6.45) is 0. The minimum atomic E-state index is -1.77. The monoisotopic (exact) mass is 410 g/mol. The molecule has 1 aliphatic rings. The Balaban J connectivity index is 2.11. The molecule has 0 spiro atoms. The summed E-state index contributed by atoms with van der Waals surface area (Å²) < 4.78 is 3.29. The van der Waals surface area contributed by atoms with Crippen LogP contribution in [-0.4, -0.2) is 77.2 Å². The van der Waals surface area contributed by atoms with Crippen LogP contribution in [0.4, 0.5) is 10.7 Å². The lowest BCUT2D eigenvalue weighted by atomic mass is 10.3. The predicted molar refractivity (Wildman–Crippen MR) is 97.7 cm³/mol. The average Bonchev–Trinajstić information content (AvgIpc) is 2.61. The highest BCUT2D eigenvalue weighted by Gasteiger charge is 2.31. The summed E-state index contributed by atoms with van der Waals surface area (Å²) in [5.41, 5.74) is 0. The topological polar surface area (TPSA) is 74.7 Å². The molecule has 2 amide bonds. The Morgan fingerprint density at radius 2 is 1.72 bits per heavy atom. The summed E-state index contributed by atoms with van der Waals surface area (Å²) in [4.78, 5) is 30.3. The molecular weight excluding hydrogens is 391 g/mol. The molecule has 0 radical (unpaired) electrons. The van der Waals surface area contributed by atoms with Crippen LogP contribution in [-0.2, 0) is 3.79 Å². The van der Waals surface area contributed by atoms with Gasteiger partial charge in [0.25, 0.3) is 0 Å². The number of carbonyl (C=O) groups excluding carboxylic acids is 1. The number of hydrogen-bond donors (Lipinski definition) is 0. The molecule has 0 aliphatic carbocycles. The maximum absolute atomic E-state index is 12.4. The SMILES string of the molecule is CCN(CC)C(=O)N1CCN(c2nc(OC)nc(C(Cl)(Cl)Cl)n2)CC1. The largest absolute Gasteiger partial charge is 0.467 e. The molecule has 1 saturated heterocycles. The molecular formula is C14H21Cl3N6O2. The van der Waals surface area contributed by atoms with Crippen LogP contribution in [0.1, 0.15) is 19.7 Å². The molecule has 11 heteroatoms. The zero-order chi connectivity index (χ0) is 18.6. The fraction of sp³-hybridized carbons (Fsp3) is 0.714. The minimum Gasteiger partial charge on any atom is -0.467 e. The highest BCUT2D eigenvalue weighted by atomic mass is 35.6. The number of amides is 2. The highest BCUT2D eigenvalue weighted by molar-refractivity contribution is 6.66. The number of nitrogens with zero attached hydrogens (tertiary/aromatic N) is 6. The van der Waals surface area contributed by atoms with Crippen molar-refractivity contribution in [2.75, 3.05) is 51.3 Å². The van der Waals surface area contributed by atoms with Gasteiger partial charge in [-0.3, -0.25) is 0 Å². The third-order valence-electron chi connectivity index (χ3n) is 3.91. The maximum Gasteiger partial charge on any atom is 0.321 e. The number of alkyl halides is 3. The van der Waals surface area contributed by atoms with Crippen LogP contribution >= 0.6 is 34.8 Å². The van der Waals surface area contributed by atoms with Crippen molar-refractivity contribution >= 4 is 46.8 Å². The predicted octanol–water partition coefficient (Wildman–Crippen LogP) is 2.29. The van der Waals surface area contributed by atoms with E-state index in [-0.39, 0.29) is 17.9 Å². The van der Waals surface area contributed by atoms with E-state index in [1.54, 1.807) is 4.90 Å². The van der Waals surface area contributed by atoms with Crippen LogP contribution in [0.3, 0.4) is 0 Å². The van der Waals surface area contributed by atoms with E-state index in [0.29, 0.717) is 45.2 Å². The third-order valence-corrected chi connectivity index (χ3v) is 4.41. The van der Waals surface area contributed by atoms with E-state index in [0.717, 1.165) is 0 Å². The summed E-state index contributed by atoms with van der Waals surface area (Å²) in [6, 6.07) is 0.118. The van der Waals surface area contributed by atoms with Crippen molar-refractivity contribution in [2.24, 2.45) is 0 Å². The van der Waals surface area contributed by atoms with Gasteiger partial charge in [-0.2, -0.15) is 15.0 Å². The van der Waals surface area contributed by atoms with Crippen molar-refractivity contribution in [3.05, 3.63) is 5.82 Å². The standard InChI is InChI=1S/C14H21Cl3N6O2/c1-4-21(5-2)13(24)23-8-6-22(7-9-23)11-18-10(14(15,16)17)19-12(20-11)25-3/h4-9H2,1-3H3. The summed E-state index contributed by atoms with van der Waals surface area (Å²) in [6.45, 7) is 7.57. The first-order chi connectivity index (χ1) is 11.8. The van der Waals surface area contributed by atoms with Crippen molar-refractivity contribution < 1.29 is 9.53 Å². The van der Waals surface area contributed by atoms with Gasteiger partial charge in [-0.05, 0) is 13.8 Å². The Morgan fingerprint density at radius 3 is 2.20 bits per heavy atom. The summed E-state index contributed by atoms with van der Waals surface area (Å²) in [5.74, 6) is 0.365. The van der Waals surface area contributed by atoms with E-state index < -0.39 is 3.79 Å². The zero-order valence-corrected chi connectivity index (χ0v) is 16.6. The fourth-order valence-electron chi connectivity index (χ4n) is 2.50. The number of piperazine rings is 1. The van der Waals surface area contributed by atoms with E-state index in [2.05, 4.69) is 15.0 Å². The van der Waals surface area contributed by atoms with Crippen molar-refractivity contribution in [2.45, 2.75) is 17.6 Å². The van der Waals surface area contributed by atoms with Crippen LogP contribution in [0.2, 0.25) is 0 Å². The summed E-state index contributed by atoms with van der Waals surface area (Å²) in [7, 11) is 1.43. The van der Waals surface area contributed by atoms with Gasteiger partial charge in [0.2, 0.25) is 9.74 Å². The van der Waals surface area contributed by atoms with Gasteiger partial charge in [0, 0.05) is 39.3 Å². The normalized spacial score (nSPS) is 15.3. The van der Waals surface area contributed by atoms with Gasteiger partial charge in [0.15, 0.2) is 5.82 Å².